The first-order valence-electron chi connectivity index (χ1n) is 10.9. The summed E-state index contributed by atoms with van der Waals surface area (Å²) in [5, 5.41) is 8.21. The van der Waals surface area contributed by atoms with Gasteiger partial charge in [-0.1, -0.05) is 18.2 Å². The molecule has 0 saturated carbocycles. The van der Waals surface area contributed by atoms with Crippen molar-refractivity contribution in [2.24, 2.45) is 4.99 Å². The average molecular weight is 562 g/mol. The number of aliphatic imine (C=N–C) groups is 1. The highest BCUT2D eigenvalue weighted by Crippen LogP contribution is 2.18. The standard InChI is InChI=1S/C22H35N5O2S.HI/c1-3-23-22(26-19-10-13-27(14-11-19)15-16-30(2,28)29)24-12-6-7-18-17-25-21-9-5-4-8-20(18)21;/h4-5,8-9,17,19,25H,3,6-7,10-16H2,1-2H3,(H2,23,24,26);1H. The third-order valence-corrected chi connectivity index (χ3v) is 6.52. The Morgan fingerprint density at radius 1 is 1.26 bits per heavy atom. The zero-order valence-electron chi connectivity index (χ0n) is 18.6. The fourth-order valence-electron chi connectivity index (χ4n) is 3.91. The minimum absolute atomic E-state index is 0. The van der Waals surface area contributed by atoms with Gasteiger partial charge in [-0.05, 0) is 44.2 Å². The van der Waals surface area contributed by atoms with Crippen LogP contribution in [0.3, 0.4) is 0 Å². The lowest BCUT2D eigenvalue weighted by Crippen LogP contribution is -2.49. The molecular weight excluding hydrogens is 525 g/mol. The fraction of sp³-hybridized carbons (Fsp3) is 0.591. The highest BCUT2D eigenvalue weighted by atomic mass is 127. The van der Waals surface area contributed by atoms with Gasteiger partial charge < -0.3 is 20.5 Å². The van der Waals surface area contributed by atoms with Crippen molar-refractivity contribution in [3.05, 3.63) is 36.0 Å². The number of nitrogens with zero attached hydrogens (tertiary/aromatic N) is 2. The zero-order chi connectivity index (χ0) is 21.4. The molecule has 0 aliphatic carbocycles. The van der Waals surface area contributed by atoms with Crippen LogP contribution >= 0.6 is 24.0 Å². The highest BCUT2D eigenvalue weighted by Gasteiger charge is 2.20. The van der Waals surface area contributed by atoms with Gasteiger partial charge in [-0.2, -0.15) is 0 Å². The number of nitrogens with one attached hydrogen (secondary N) is 3. The van der Waals surface area contributed by atoms with Gasteiger partial charge in [-0.25, -0.2) is 8.42 Å². The molecule has 1 fully saturated rings. The van der Waals surface area contributed by atoms with Crippen LogP contribution in [0.15, 0.2) is 35.5 Å². The van der Waals surface area contributed by atoms with Crippen molar-refractivity contribution < 1.29 is 8.42 Å². The molecule has 1 aliphatic rings. The number of para-hydroxylation sites is 1. The number of fused-ring (bicyclic) bond motifs is 1. The van der Waals surface area contributed by atoms with E-state index in [9.17, 15) is 8.42 Å². The van der Waals surface area contributed by atoms with E-state index >= 15 is 0 Å². The second-order valence-electron chi connectivity index (χ2n) is 8.11. The molecule has 0 unspecified atom stereocenters. The Morgan fingerprint density at radius 2 is 2.00 bits per heavy atom. The van der Waals surface area contributed by atoms with Crippen molar-refractivity contribution in [3.63, 3.8) is 0 Å². The Morgan fingerprint density at radius 3 is 2.71 bits per heavy atom. The van der Waals surface area contributed by atoms with Crippen molar-refractivity contribution in [1.82, 2.24) is 20.5 Å². The molecule has 1 aliphatic heterocycles. The third-order valence-electron chi connectivity index (χ3n) is 5.60. The summed E-state index contributed by atoms with van der Waals surface area (Å²) in [5.41, 5.74) is 2.54. The molecule has 2 heterocycles. The third kappa shape index (κ3) is 8.61. The largest absolute Gasteiger partial charge is 0.361 e. The van der Waals surface area contributed by atoms with E-state index in [4.69, 9.17) is 4.99 Å². The Hall–Kier alpha value is -1.33. The van der Waals surface area contributed by atoms with E-state index in [1.165, 1.54) is 22.7 Å². The number of likely N-dealkylation sites (tertiary alicyclic amines) is 1. The maximum atomic E-state index is 11.4. The summed E-state index contributed by atoms with van der Waals surface area (Å²) in [6.07, 6.45) is 7.43. The first-order chi connectivity index (χ1) is 14.4. The summed E-state index contributed by atoms with van der Waals surface area (Å²) < 4.78 is 22.7. The Balaban J connectivity index is 0.00000341. The Bertz CT molecular complexity index is 936. The molecule has 1 aromatic heterocycles. The summed E-state index contributed by atoms with van der Waals surface area (Å²) in [7, 11) is -2.89. The van der Waals surface area contributed by atoms with E-state index in [-0.39, 0.29) is 29.7 Å². The van der Waals surface area contributed by atoms with Gasteiger partial charge in [-0.3, -0.25) is 4.99 Å². The summed E-state index contributed by atoms with van der Waals surface area (Å²) in [5.74, 6) is 1.12. The maximum Gasteiger partial charge on any atom is 0.191 e. The van der Waals surface area contributed by atoms with Crippen LogP contribution in [0.5, 0.6) is 0 Å². The minimum Gasteiger partial charge on any atom is -0.361 e. The molecule has 1 aromatic carbocycles. The number of aryl methyl sites for hydroxylation is 1. The molecule has 1 saturated heterocycles. The lowest BCUT2D eigenvalue weighted by atomic mass is 10.1. The predicted molar refractivity (Wildman–Crippen MR) is 140 cm³/mol. The van der Waals surface area contributed by atoms with E-state index in [2.05, 4.69) is 57.9 Å². The molecular formula is C22H36IN5O2S. The number of halogens is 1. The fourth-order valence-corrected chi connectivity index (χ4v) is 4.50. The second-order valence-corrected chi connectivity index (χ2v) is 10.4. The Labute approximate surface area is 203 Å². The van der Waals surface area contributed by atoms with Crippen molar-refractivity contribution >= 4 is 50.7 Å². The van der Waals surface area contributed by atoms with Crippen molar-refractivity contribution in [2.75, 3.05) is 44.7 Å². The van der Waals surface area contributed by atoms with Crippen LogP contribution in [0.4, 0.5) is 0 Å². The molecule has 3 N–H and O–H groups in total. The molecule has 9 heteroatoms. The quantitative estimate of drug-likeness (QED) is 0.190. The number of rotatable bonds is 9. The number of H-pyrrole nitrogens is 1. The highest BCUT2D eigenvalue weighted by molar-refractivity contribution is 14.0. The van der Waals surface area contributed by atoms with Gasteiger partial charge in [0.05, 0.1) is 5.75 Å². The van der Waals surface area contributed by atoms with Crippen LogP contribution in [0.1, 0.15) is 31.7 Å². The van der Waals surface area contributed by atoms with Gasteiger partial charge in [-0.15, -0.1) is 24.0 Å². The monoisotopic (exact) mass is 561 g/mol. The zero-order valence-corrected chi connectivity index (χ0v) is 21.7. The van der Waals surface area contributed by atoms with Gasteiger partial charge in [0.2, 0.25) is 0 Å². The molecule has 0 amide bonds. The molecule has 7 nitrogen and oxygen atoms in total. The number of hydrogen-bond acceptors (Lipinski definition) is 4. The van der Waals surface area contributed by atoms with E-state index in [1.54, 1.807) is 0 Å². The molecule has 31 heavy (non-hydrogen) atoms. The summed E-state index contributed by atoms with van der Waals surface area (Å²) in [6.45, 7) is 6.17. The van der Waals surface area contributed by atoms with Gasteiger partial charge >= 0.3 is 0 Å². The van der Waals surface area contributed by atoms with E-state index in [0.717, 1.165) is 57.8 Å². The molecule has 174 valence electrons. The number of benzene rings is 1. The van der Waals surface area contributed by atoms with Crippen molar-refractivity contribution in [2.45, 2.75) is 38.6 Å². The predicted octanol–water partition coefficient (Wildman–Crippen LogP) is 2.78. The number of piperidine rings is 1. The second kappa shape index (κ2) is 12.6. The van der Waals surface area contributed by atoms with E-state index in [0.29, 0.717) is 12.6 Å². The SMILES string of the molecule is CCNC(=NCCCc1c[nH]c2ccccc12)NC1CCN(CCS(C)(=O)=O)CC1.I. The molecule has 0 bridgehead atoms. The van der Waals surface area contributed by atoms with Crippen LogP contribution in [0, 0.1) is 0 Å². The van der Waals surface area contributed by atoms with Crippen LogP contribution in [0.25, 0.3) is 10.9 Å². The molecule has 0 spiro atoms. The number of sulfone groups is 1. The van der Waals surface area contributed by atoms with E-state index in [1.807, 2.05) is 0 Å². The van der Waals surface area contributed by atoms with Gasteiger partial charge in [0.1, 0.15) is 9.84 Å². The normalized spacial score (nSPS) is 16.3. The molecule has 3 rings (SSSR count). The summed E-state index contributed by atoms with van der Waals surface area (Å²) in [4.78, 5) is 10.3. The Kier molecular flexibility index (Phi) is 10.6. The topological polar surface area (TPSA) is 89.6 Å². The van der Waals surface area contributed by atoms with Crippen LogP contribution < -0.4 is 10.6 Å². The van der Waals surface area contributed by atoms with Gasteiger partial charge in [0, 0.05) is 62.1 Å². The molecule has 0 radical (unpaired) electrons. The molecule has 0 atom stereocenters. The average Bonchev–Trinajstić information content (AvgIpc) is 3.13. The minimum atomic E-state index is -2.89. The van der Waals surface area contributed by atoms with Crippen LogP contribution in [0.2, 0.25) is 0 Å². The van der Waals surface area contributed by atoms with Gasteiger partial charge in [0.15, 0.2) is 5.96 Å². The summed E-state index contributed by atoms with van der Waals surface area (Å²) >= 11 is 0. The number of aromatic nitrogens is 1. The number of aromatic amines is 1. The van der Waals surface area contributed by atoms with Crippen LogP contribution in [-0.4, -0.2) is 75.0 Å². The first-order valence-corrected chi connectivity index (χ1v) is 13.0. The lowest BCUT2D eigenvalue weighted by Gasteiger charge is -2.32. The number of hydrogen-bond donors (Lipinski definition) is 3. The maximum absolute atomic E-state index is 11.4. The first kappa shape index (κ1) is 25.9. The van der Waals surface area contributed by atoms with Crippen molar-refractivity contribution in [3.8, 4) is 0 Å². The smallest absolute Gasteiger partial charge is 0.191 e. The number of guanidine groups is 1. The van der Waals surface area contributed by atoms with E-state index < -0.39 is 9.84 Å². The van der Waals surface area contributed by atoms with Crippen molar-refractivity contribution in [1.29, 1.82) is 0 Å². The van der Waals surface area contributed by atoms with Crippen LogP contribution in [-0.2, 0) is 16.3 Å². The summed E-state index contributed by atoms with van der Waals surface area (Å²) in [6, 6.07) is 8.79. The van der Waals surface area contributed by atoms with Gasteiger partial charge in [0.25, 0.3) is 0 Å². The molecule has 2 aromatic rings. The lowest BCUT2D eigenvalue weighted by molar-refractivity contribution is 0.216.